The van der Waals surface area contributed by atoms with E-state index in [9.17, 15) is 9.50 Å². The van der Waals surface area contributed by atoms with Gasteiger partial charge in [-0.25, -0.2) is 9.38 Å². The molecular weight excluding hydrogens is 305 g/mol. The van der Waals surface area contributed by atoms with Gasteiger partial charge in [-0.05, 0) is 36.1 Å². The summed E-state index contributed by atoms with van der Waals surface area (Å²) in [7, 11) is 0. The summed E-state index contributed by atoms with van der Waals surface area (Å²) in [5.41, 5.74) is 1.97. The van der Waals surface area contributed by atoms with E-state index in [2.05, 4.69) is 34.7 Å². The van der Waals surface area contributed by atoms with E-state index in [-0.39, 0.29) is 5.75 Å². The zero-order valence-electron chi connectivity index (χ0n) is 14.1. The van der Waals surface area contributed by atoms with Gasteiger partial charge in [-0.15, -0.1) is 0 Å². The number of guanidine groups is 1. The van der Waals surface area contributed by atoms with E-state index >= 15 is 0 Å². The molecule has 0 aromatic heterocycles. The molecule has 1 atom stereocenters. The van der Waals surface area contributed by atoms with E-state index in [1.807, 2.05) is 25.1 Å². The van der Waals surface area contributed by atoms with E-state index < -0.39 is 5.82 Å². The van der Waals surface area contributed by atoms with Crippen LogP contribution in [0.5, 0.6) is 5.75 Å². The van der Waals surface area contributed by atoms with Crippen molar-refractivity contribution in [3.8, 4) is 5.75 Å². The van der Waals surface area contributed by atoms with Crippen LogP contribution < -0.4 is 10.6 Å². The average molecular weight is 329 g/mol. The highest BCUT2D eigenvalue weighted by atomic mass is 19.1. The molecule has 0 aliphatic carbocycles. The second-order valence-electron chi connectivity index (χ2n) is 5.67. The topological polar surface area (TPSA) is 56.7 Å². The summed E-state index contributed by atoms with van der Waals surface area (Å²) in [5, 5.41) is 15.7. The number of aliphatic imine (C=N–C) groups is 1. The molecule has 2 rings (SSSR count). The Morgan fingerprint density at radius 3 is 2.58 bits per heavy atom. The van der Waals surface area contributed by atoms with E-state index in [0.29, 0.717) is 24.0 Å². The molecule has 2 aromatic rings. The van der Waals surface area contributed by atoms with Crippen LogP contribution in [0, 0.1) is 5.82 Å². The second kappa shape index (κ2) is 8.91. The Morgan fingerprint density at radius 1 is 1.17 bits per heavy atom. The second-order valence-corrected chi connectivity index (χ2v) is 5.67. The third-order valence-electron chi connectivity index (χ3n) is 3.72. The monoisotopic (exact) mass is 329 g/mol. The quantitative estimate of drug-likeness (QED) is 0.562. The van der Waals surface area contributed by atoms with Crippen molar-refractivity contribution in [2.45, 2.75) is 26.3 Å². The van der Waals surface area contributed by atoms with Gasteiger partial charge in [0.15, 0.2) is 17.5 Å². The third kappa shape index (κ3) is 5.26. The van der Waals surface area contributed by atoms with Crippen LogP contribution in [0.1, 0.15) is 30.9 Å². The van der Waals surface area contributed by atoms with Crippen LogP contribution in [0.2, 0.25) is 0 Å². The zero-order valence-corrected chi connectivity index (χ0v) is 14.1. The van der Waals surface area contributed by atoms with Crippen molar-refractivity contribution < 1.29 is 9.50 Å². The summed E-state index contributed by atoms with van der Waals surface area (Å²) >= 11 is 0. The van der Waals surface area contributed by atoms with Crippen molar-refractivity contribution in [2.75, 3.05) is 13.1 Å². The highest BCUT2D eigenvalue weighted by Gasteiger charge is 2.06. The summed E-state index contributed by atoms with van der Waals surface area (Å²) in [4.78, 5) is 4.47. The Labute approximate surface area is 142 Å². The van der Waals surface area contributed by atoms with Gasteiger partial charge < -0.3 is 15.7 Å². The molecule has 1 unspecified atom stereocenters. The van der Waals surface area contributed by atoms with Crippen LogP contribution in [0.4, 0.5) is 4.39 Å². The van der Waals surface area contributed by atoms with Crippen molar-refractivity contribution in [1.82, 2.24) is 10.6 Å². The molecule has 3 N–H and O–H groups in total. The number of rotatable bonds is 6. The minimum Gasteiger partial charge on any atom is -0.505 e. The first-order chi connectivity index (χ1) is 11.6. The predicted molar refractivity (Wildman–Crippen MR) is 95.7 cm³/mol. The van der Waals surface area contributed by atoms with Gasteiger partial charge in [0.25, 0.3) is 0 Å². The molecule has 24 heavy (non-hydrogen) atoms. The van der Waals surface area contributed by atoms with E-state index in [4.69, 9.17) is 0 Å². The summed E-state index contributed by atoms with van der Waals surface area (Å²) in [6.45, 7) is 5.99. The van der Waals surface area contributed by atoms with Crippen LogP contribution in [0.3, 0.4) is 0 Å². The Morgan fingerprint density at radius 2 is 1.92 bits per heavy atom. The molecule has 4 nitrogen and oxygen atoms in total. The molecule has 0 amide bonds. The van der Waals surface area contributed by atoms with Gasteiger partial charge in [0.2, 0.25) is 0 Å². The fourth-order valence-corrected chi connectivity index (χ4v) is 2.31. The summed E-state index contributed by atoms with van der Waals surface area (Å²) < 4.78 is 13.4. The number of aromatic hydroxyl groups is 1. The van der Waals surface area contributed by atoms with E-state index in [1.165, 1.54) is 17.7 Å². The molecule has 0 radical (unpaired) electrons. The molecule has 5 heteroatoms. The van der Waals surface area contributed by atoms with Gasteiger partial charge in [0, 0.05) is 13.1 Å². The lowest BCUT2D eigenvalue weighted by atomic mass is 10.0. The molecule has 0 fully saturated rings. The molecule has 0 spiro atoms. The average Bonchev–Trinajstić information content (AvgIpc) is 2.60. The maximum Gasteiger partial charge on any atom is 0.191 e. The van der Waals surface area contributed by atoms with Gasteiger partial charge in [-0.1, -0.05) is 43.3 Å². The molecule has 0 saturated carbocycles. The molecule has 0 bridgehead atoms. The molecule has 0 saturated heterocycles. The molecule has 0 heterocycles. The summed E-state index contributed by atoms with van der Waals surface area (Å²) in [5.74, 6) is 0.0674. The van der Waals surface area contributed by atoms with Gasteiger partial charge >= 0.3 is 0 Å². The van der Waals surface area contributed by atoms with Crippen molar-refractivity contribution in [2.24, 2.45) is 4.99 Å². The van der Waals surface area contributed by atoms with Crippen molar-refractivity contribution in [3.05, 3.63) is 65.5 Å². The molecule has 2 aromatic carbocycles. The first-order valence-corrected chi connectivity index (χ1v) is 8.14. The van der Waals surface area contributed by atoms with Crippen molar-refractivity contribution in [1.29, 1.82) is 0 Å². The SMILES string of the molecule is CCNC(=NCc1ccc(O)c(F)c1)NCC(C)c1ccccc1. The third-order valence-corrected chi connectivity index (χ3v) is 3.72. The zero-order chi connectivity index (χ0) is 17.4. The summed E-state index contributed by atoms with van der Waals surface area (Å²) in [6.07, 6.45) is 0. The van der Waals surface area contributed by atoms with E-state index in [0.717, 1.165) is 13.1 Å². The Bertz CT molecular complexity index is 674. The van der Waals surface area contributed by atoms with Crippen LogP contribution in [-0.2, 0) is 6.54 Å². The Kier molecular flexibility index (Phi) is 6.61. The lowest BCUT2D eigenvalue weighted by molar-refractivity contribution is 0.432. The maximum atomic E-state index is 13.4. The molecular formula is C19H24FN3O. The molecule has 0 aliphatic heterocycles. The first-order valence-electron chi connectivity index (χ1n) is 8.14. The highest BCUT2D eigenvalue weighted by Crippen LogP contribution is 2.16. The van der Waals surface area contributed by atoms with Crippen LogP contribution in [0.15, 0.2) is 53.5 Å². The van der Waals surface area contributed by atoms with Gasteiger partial charge in [0.05, 0.1) is 6.54 Å². The maximum absolute atomic E-state index is 13.4. The number of phenolic OH excluding ortho intramolecular Hbond substituents is 1. The Hall–Kier alpha value is -2.56. The fraction of sp³-hybridized carbons (Fsp3) is 0.316. The van der Waals surface area contributed by atoms with Crippen LogP contribution >= 0.6 is 0 Å². The van der Waals surface area contributed by atoms with Gasteiger partial charge in [0.1, 0.15) is 0 Å². The number of phenols is 1. The normalized spacial score (nSPS) is 12.7. The lowest BCUT2D eigenvalue weighted by Gasteiger charge is -2.16. The van der Waals surface area contributed by atoms with E-state index in [1.54, 1.807) is 6.07 Å². The largest absolute Gasteiger partial charge is 0.505 e. The summed E-state index contributed by atoms with van der Waals surface area (Å²) in [6, 6.07) is 14.6. The smallest absolute Gasteiger partial charge is 0.191 e. The highest BCUT2D eigenvalue weighted by molar-refractivity contribution is 5.79. The minimum atomic E-state index is -0.627. The van der Waals surface area contributed by atoms with Crippen molar-refractivity contribution >= 4 is 5.96 Å². The molecule has 128 valence electrons. The number of nitrogens with one attached hydrogen (secondary N) is 2. The predicted octanol–water partition coefficient (Wildman–Crippen LogP) is 3.39. The van der Waals surface area contributed by atoms with Crippen LogP contribution in [0.25, 0.3) is 0 Å². The van der Waals surface area contributed by atoms with Crippen molar-refractivity contribution in [3.63, 3.8) is 0 Å². The first kappa shape index (κ1) is 17.8. The number of hydrogen-bond acceptors (Lipinski definition) is 2. The number of halogens is 1. The standard InChI is InChI=1S/C19H24FN3O/c1-3-21-19(22-12-14(2)16-7-5-4-6-8-16)23-13-15-9-10-18(24)17(20)11-15/h4-11,14,24H,3,12-13H2,1-2H3,(H2,21,22,23). The van der Waals surface area contributed by atoms with Gasteiger partial charge in [-0.2, -0.15) is 0 Å². The molecule has 0 aliphatic rings. The van der Waals surface area contributed by atoms with Crippen LogP contribution in [-0.4, -0.2) is 24.2 Å². The number of hydrogen-bond donors (Lipinski definition) is 3. The number of nitrogens with zero attached hydrogens (tertiary/aromatic N) is 1. The number of benzene rings is 2. The lowest BCUT2D eigenvalue weighted by Crippen LogP contribution is -2.39. The Balaban J connectivity index is 1.96. The minimum absolute atomic E-state index is 0.340. The fourth-order valence-electron chi connectivity index (χ4n) is 2.31. The van der Waals surface area contributed by atoms with Gasteiger partial charge in [-0.3, -0.25) is 0 Å².